The number of nitrogens with one attached hydrogen (secondary N) is 1. The van der Waals surface area contributed by atoms with E-state index >= 15 is 0 Å². The molecular formula is C16H15NO4. The predicted octanol–water partition coefficient (Wildman–Crippen LogP) is 2.09. The van der Waals surface area contributed by atoms with Crippen molar-refractivity contribution in [2.45, 2.75) is 6.54 Å². The molecule has 108 valence electrons. The van der Waals surface area contributed by atoms with E-state index in [0.717, 1.165) is 5.56 Å². The molecule has 2 aromatic rings. The van der Waals surface area contributed by atoms with E-state index in [1.165, 1.54) is 0 Å². The minimum absolute atomic E-state index is 0.176. The van der Waals surface area contributed by atoms with Crippen molar-refractivity contribution in [3.63, 3.8) is 0 Å². The van der Waals surface area contributed by atoms with Gasteiger partial charge in [-0.05, 0) is 29.8 Å². The van der Waals surface area contributed by atoms with E-state index in [1.807, 2.05) is 6.07 Å². The Bertz CT molecular complexity index is 669. The molecule has 1 aliphatic rings. The zero-order valence-corrected chi connectivity index (χ0v) is 11.3. The van der Waals surface area contributed by atoms with E-state index in [1.54, 1.807) is 36.4 Å². The molecule has 0 atom stereocenters. The summed E-state index contributed by atoms with van der Waals surface area (Å²) in [5.74, 6) is 1.01. The number of rotatable bonds is 3. The fraction of sp³-hybridized carbons (Fsp3) is 0.188. The molecule has 1 aliphatic heterocycles. The summed E-state index contributed by atoms with van der Waals surface area (Å²) in [6.07, 6.45) is 0. The fourth-order valence-corrected chi connectivity index (χ4v) is 2.20. The summed E-state index contributed by atoms with van der Waals surface area (Å²) in [6.45, 7) is 1.25. The van der Waals surface area contributed by atoms with Crippen molar-refractivity contribution < 1.29 is 19.4 Å². The molecule has 1 amide bonds. The lowest BCUT2D eigenvalue weighted by atomic mass is 10.1. The molecule has 0 bridgehead atoms. The van der Waals surface area contributed by atoms with Crippen LogP contribution in [0.4, 0.5) is 0 Å². The summed E-state index contributed by atoms with van der Waals surface area (Å²) >= 11 is 0. The van der Waals surface area contributed by atoms with Crippen LogP contribution < -0.4 is 14.8 Å². The third-order valence-corrected chi connectivity index (χ3v) is 3.17. The minimum atomic E-state index is -0.235. The van der Waals surface area contributed by atoms with Gasteiger partial charge in [-0.1, -0.05) is 18.2 Å². The molecule has 2 aromatic carbocycles. The Morgan fingerprint density at radius 3 is 2.81 bits per heavy atom. The first kappa shape index (κ1) is 13.3. The molecule has 0 unspecified atom stereocenters. The van der Waals surface area contributed by atoms with Gasteiger partial charge in [-0.2, -0.15) is 0 Å². The summed E-state index contributed by atoms with van der Waals surface area (Å²) < 4.78 is 11.0. The third-order valence-electron chi connectivity index (χ3n) is 3.17. The van der Waals surface area contributed by atoms with E-state index in [4.69, 9.17) is 9.47 Å². The molecule has 1 heterocycles. The maximum absolute atomic E-state index is 12.3. The van der Waals surface area contributed by atoms with Gasteiger partial charge in [-0.3, -0.25) is 4.79 Å². The van der Waals surface area contributed by atoms with Crippen LogP contribution in [0.5, 0.6) is 17.2 Å². The zero-order chi connectivity index (χ0) is 14.7. The van der Waals surface area contributed by atoms with Gasteiger partial charge in [0.25, 0.3) is 5.91 Å². The highest BCUT2D eigenvalue weighted by Gasteiger charge is 2.19. The first-order valence-electron chi connectivity index (χ1n) is 6.69. The van der Waals surface area contributed by atoms with Gasteiger partial charge in [0.05, 0.1) is 5.56 Å². The lowest BCUT2D eigenvalue weighted by molar-refractivity contribution is 0.0939. The minimum Gasteiger partial charge on any atom is -0.508 e. The predicted molar refractivity (Wildman–Crippen MR) is 76.7 cm³/mol. The maximum atomic E-state index is 12.3. The van der Waals surface area contributed by atoms with E-state index in [-0.39, 0.29) is 11.7 Å². The van der Waals surface area contributed by atoms with Crippen molar-refractivity contribution in [2.75, 3.05) is 13.2 Å². The molecule has 21 heavy (non-hydrogen) atoms. The van der Waals surface area contributed by atoms with Gasteiger partial charge in [-0.25, -0.2) is 0 Å². The van der Waals surface area contributed by atoms with Crippen molar-refractivity contribution >= 4 is 5.91 Å². The van der Waals surface area contributed by atoms with E-state index in [9.17, 15) is 9.90 Å². The second-order valence-electron chi connectivity index (χ2n) is 4.68. The average Bonchev–Trinajstić information content (AvgIpc) is 2.52. The van der Waals surface area contributed by atoms with E-state index in [0.29, 0.717) is 36.8 Å². The van der Waals surface area contributed by atoms with Crippen molar-refractivity contribution in [2.24, 2.45) is 0 Å². The summed E-state index contributed by atoms with van der Waals surface area (Å²) in [4.78, 5) is 12.3. The number of fused-ring (bicyclic) bond motifs is 1. The Labute approximate surface area is 122 Å². The van der Waals surface area contributed by atoms with Crippen LogP contribution in [0.3, 0.4) is 0 Å². The number of benzene rings is 2. The Morgan fingerprint density at radius 1 is 1.14 bits per heavy atom. The van der Waals surface area contributed by atoms with Crippen molar-refractivity contribution in [1.82, 2.24) is 5.32 Å². The lowest BCUT2D eigenvalue weighted by Gasteiger charge is -2.20. The van der Waals surface area contributed by atoms with Gasteiger partial charge < -0.3 is 19.9 Å². The van der Waals surface area contributed by atoms with Crippen molar-refractivity contribution in [3.05, 3.63) is 53.6 Å². The average molecular weight is 285 g/mol. The molecule has 0 saturated heterocycles. The first-order valence-corrected chi connectivity index (χ1v) is 6.69. The van der Waals surface area contributed by atoms with Crippen LogP contribution in [-0.4, -0.2) is 24.2 Å². The molecule has 0 aromatic heterocycles. The van der Waals surface area contributed by atoms with Crippen LogP contribution in [0.1, 0.15) is 15.9 Å². The molecule has 5 nitrogen and oxygen atoms in total. The number of phenols is 1. The van der Waals surface area contributed by atoms with Gasteiger partial charge >= 0.3 is 0 Å². The molecule has 0 radical (unpaired) electrons. The summed E-state index contributed by atoms with van der Waals surface area (Å²) in [5, 5.41) is 12.2. The SMILES string of the molecule is O=C(NCc1cccc(O)c1)c1cccc2c1OCCO2. The summed E-state index contributed by atoms with van der Waals surface area (Å²) in [7, 11) is 0. The lowest BCUT2D eigenvalue weighted by Crippen LogP contribution is -2.25. The van der Waals surface area contributed by atoms with Crippen LogP contribution >= 0.6 is 0 Å². The first-order chi connectivity index (χ1) is 10.2. The van der Waals surface area contributed by atoms with Gasteiger partial charge in [0.15, 0.2) is 11.5 Å². The van der Waals surface area contributed by atoms with Crippen molar-refractivity contribution in [1.29, 1.82) is 0 Å². The zero-order valence-electron chi connectivity index (χ0n) is 11.3. The Balaban J connectivity index is 1.74. The van der Waals surface area contributed by atoms with E-state index < -0.39 is 0 Å². The number of phenolic OH excluding ortho intramolecular Hbond substituents is 1. The summed E-state index contributed by atoms with van der Waals surface area (Å²) in [5.41, 5.74) is 1.28. The standard InChI is InChI=1S/C16H15NO4/c18-12-4-1-3-11(9-12)10-17-16(19)13-5-2-6-14-15(13)21-8-7-20-14/h1-6,9,18H,7-8,10H2,(H,17,19). The Morgan fingerprint density at radius 2 is 1.95 bits per heavy atom. The number of carbonyl (C=O) groups excluding carboxylic acids is 1. The number of ether oxygens (including phenoxy) is 2. The highest BCUT2D eigenvalue weighted by molar-refractivity contribution is 5.97. The number of amides is 1. The van der Waals surface area contributed by atoms with Crippen LogP contribution in [-0.2, 0) is 6.54 Å². The van der Waals surface area contributed by atoms with Crippen molar-refractivity contribution in [3.8, 4) is 17.2 Å². The van der Waals surface area contributed by atoms with Crippen LogP contribution in [0.2, 0.25) is 0 Å². The largest absolute Gasteiger partial charge is 0.508 e. The van der Waals surface area contributed by atoms with Gasteiger partial charge in [0, 0.05) is 6.54 Å². The quantitative estimate of drug-likeness (QED) is 0.906. The highest BCUT2D eigenvalue weighted by atomic mass is 16.6. The molecular weight excluding hydrogens is 270 g/mol. The van der Waals surface area contributed by atoms with Gasteiger partial charge in [0.2, 0.25) is 0 Å². The number of hydrogen-bond acceptors (Lipinski definition) is 4. The smallest absolute Gasteiger partial charge is 0.255 e. The molecule has 3 rings (SSSR count). The topological polar surface area (TPSA) is 67.8 Å². The second kappa shape index (κ2) is 5.75. The van der Waals surface area contributed by atoms with Gasteiger partial charge in [-0.15, -0.1) is 0 Å². The second-order valence-corrected chi connectivity index (χ2v) is 4.68. The molecule has 5 heteroatoms. The van der Waals surface area contributed by atoms with E-state index in [2.05, 4.69) is 5.32 Å². The number of para-hydroxylation sites is 1. The Kier molecular flexibility index (Phi) is 3.64. The molecule has 0 saturated carbocycles. The molecule has 2 N–H and O–H groups in total. The van der Waals surface area contributed by atoms with Crippen LogP contribution in [0.15, 0.2) is 42.5 Å². The molecule has 0 fully saturated rings. The maximum Gasteiger partial charge on any atom is 0.255 e. The Hall–Kier alpha value is -2.69. The molecule has 0 aliphatic carbocycles. The normalized spacial score (nSPS) is 12.8. The third kappa shape index (κ3) is 2.91. The highest BCUT2D eigenvalue weighted by Crippen LogP contribution is 2.33. The summed E-state index contributed by atoms with van der Waals surface area (Å²) in [6, 6.07) is 12.0. The number of hydrogen-bond donors (Lipinski definition) is 2. The molecule has 0 spiro atoms. The fourth-order valence-electron chi connectivity index (χ4n) is 2.20. The van der Waals surface area contributed by atoms with Crippen LogP contribution in [0, 0.1) is 0 Å². The monoisotopic (exact) mass is 285 g/mol. The number of aromatic hydroxyl groups is 1. The van der Waals surface area contributed by atoms with Gasteiger partial charge in [0.1, 0.15) is 19.0 Å². The number of carbonyl (C=O) groups is 1. The van der Waals surface area contributed by atoms with Crippen LogP contribution in [0.25, 0.3) is 0 Å².